The Kier molecular flexibility index (Phi) is 7.04. The van der Waals surface area contributed by atoms with Gasteiger partial charge in [0.1, 0.15) is 17.4 Å². The lowest BCUT2D eigenvalue weighted by Gasteiger charge is -2.36. The molecule has 0 saturated carbocycles. The molecule has 0 saturated heterocycles. The normalized spacial score (nSPS) is 17.1. The van der Waals surface area contributed by atoms with Gasteiger partial charge in [-0.2, -0.15) is 17.9 Å². The molecule has 1 unspecified atom stereocenters. The first-order valence-corrected chi connectivity index (χ1v) is 11.8. The maximum absolute atomic E-state index is 13.4. The van der Waals surface area contributed by atoms with E-state index in [1.165, 1.54) is 20.8 Å². The molecule has 0 amide bonds. The van der Waals surface area contributed by atoms with Crippen molar-refractivity contribution in [3.63, 3.8) is 0 Å². The Morgan fingerprint density at radius 2 is 1.61 bits per heavy atom. The average molecular weight is 494 g/mol. The number of halogens is 3. The zero-order valence-electron chi connectivity index (χ0n) is 20.0. The number of carbonyl (C=O) groups excluding carboxylic acids is 2. The van der Waals surface area contributed by atoms with Crippen LogP contribution >= 0.6 is 0 Å². The van der Waals surface area contributed by atoms with E-state index >= 15 is 0 Å². The van der Waals surface area contributed by atoms with Gasteiger partial charge in [0.25, 0.3) is 0 Å². The van der Waals surface area contributed by atoms with Gasteiger partial charge in [-0.05, 0) is 75.1 Å². The molecule has 7 nitrogen and oxygen atoms in total. The minimum atomic E-state index is -5.40. The summed E-state index contributed by atoms with van der Waals surface area (Å²) < 4.78 is 76.7. The molecule has 0 aromatic heterocycles. The Morgan fingerprint density at radius 1 is 1.06 bits per heavy atom. The lowest BCUT2D eigenvalue weighted by atomic mass is 9.87. The maximum atomic E-state index is 13.4. The molecule has 1 aliphatic rings. The summed E-state index contributed by atoms with van der Waals surface area (Å²) in [5, 5.41) is 0. The molecule has 1 N–H and O–H groups in total. The summed E-state index contributed by atoms with van der Waals surface area (Å²) >= 11 is 0. The van der Waals surface area contributed by atoms with Crippen LogP contribution in [0.2, 0.25) is 0 Å². The van der Waals surface area contributed by atoms with Crippen molar-refractivity contribution in [2.45, 2.75) is 90.9 Å². The molecule has 11 heteroatoms. The van der Waals surface area contributed by atoms with E-state index in [2.05, 4.69) is 9.46 Å². The molecule has 0 spiro atoms. The Bertz CT molecular complexity index is 1090. The van der Waals surface area contributed by atoms with Gasteiger partial charge in [0.05, 0.1) is 4.90 Å². The van der Waals surface area contributed by atoms with Crippen molar-refractivity contribution in [2.24, 2.45) is 5.41 Å². The number of hydrogen-bond acceptors (Lipinski definition) is 6. The zero-order valence-corrected chi connectivity index (χ0v) is 20.8. The fourth-order valence-electron chi connectivity index (χ4n) is 3.75. The summed E-state index contributed by atoms with van der Waals surface area (Å²) in [6.45, 7) is 13.1. The fraction of sp³-hybridized carbons (Fsp3) is 0.636. The summed E-state index contributed by atoms with van der Waals surface area (Å²) in [6, 6.07) is -1.75. The first-order chi connectivity index (χ1) is 14.7. The number of hydrogen-bond donors (Lipinski definition) is 1. The van der Waals surface area contributed by atoms with Gasteiger partial charge >= 0.3 is 18.1 Å². The summed E-state index contributed by atoms with van der Waals surface area (Å²) in [7, 11) is -4.40. The largest absolute Gasteiger partial charge is 0.491 e. The first-order valence-electron chi connectivity index (χ1n) is 10.4. The van der Waals surface area contributed by atoms with Gasteiger partial charge in [0.2, 0.25) is 10.0 Å². The van der Waals surface area contributed by atoms with Crippen LogP contribution in [-0.4, -0.2) is 38.2 Å². The van der Waals surface area contributed by atoms with Crippen molar-refractivity contribution in [1.29, 1.82) is 0 Å². The first kappa shape index (κ1) is 27.1. The quantitative estimate of drug-likeness (QED) is 0.502. The molecular formula is C22H30F3NO6S. The maximum Gasteiger partial charge on any atom is 0.491 e. The fourth-order valence-corrected chi connectivity index (χ4v) is 5.71. The standard InChI is InChI=1S/C22H30F3NO6S/c1-11-12(2)16(13(3)14-9-10-21(7,8)32-15(11)14)33(29,30)26-17(20(4,5)6)18(27)31-19(28)22(23,24)25/h17,26H,9-10H2,1-8H3. The van der Waals surface area contributed by atoms with E-state index in [1.54, 1.807) is 20.8 Å². The number of esters is 2. The second-order valence-corrected chi connectivity index (χ2v) is 11.7. The lowest BCUT2D eigenvalue weighted by molar-refractivity contribution is -0.203. The minimum Gasteiger partial charge on any atom is -0.487 e. The van der Waals surface area contributed by atoms with Gasteiger partial charge in [-0.25, -0.2) is 18.0 Å². The van der Waals surface area contributed by atoms with Crippen molar-refractivity contribution in [2.75, 3.05) is 0 Å². The van der Waals surface area contributed by atoms with Crippen LogP contribution in [0.25, 0.3) is 0 Å². The van der Waals surface area contributed by atoms with Crippen LogP contribution in [0.1, 0.15) is 63.3 Å². The number of rotatable bonds is 4. The van der Waals surface area contributed by atoms with Crippen LogP contribution in [0.5, 0.6) is 5.75 Å². The monoisotopic (exact) mass is 493 g/mol. The zero-order chi connectivity index (χ0) is 25.7. The van der Waals surface area contributed by atoms with Crippen molar-refractivity contribution in [3.05, 3.63) is 22.3 Å². The molecule has 0 aliphatic carbocycles. The van der Waals surface area contributed by atoms with Crippen molar-refractivity contribution in [1.82, 2.24) is 4.72 Å². The van der Waals surface area contributed by atoms with Crippen molar-refractivity contribution < 1.29 is 40.7 Å². The number of alkyl halides is 3. The van der Waals surface area contributed by atoms with E-state index in [9.17, 15) is 31.2 Å². The Balaban J connectivity index is 2.53. The van der Waals surface area contributed by atoms with Gasteiger partial charge < -0.3 is 9.47 Å². The highest BCUT2D eigenvalue weighted by Gasteiger charge is 2.46. The molecule has 1 aliphatic heterocycles. The third-order valence-electron chi connectivity index (χ3n) is 5.73. The van der Waals surface area contributed by atoms with Gasteiger partial charge in [-0.3, -0.25) is 0 Å². The molecule has 0 bridgehead atoms. The lowest BCUT2D eigenvalue weighted by Crippen LogP contribution is -2.51. The van der Waals surface area contributed by atoms with E-state index in [-0.39, 0.29) is 4.90 Å². The van der Waals surface area contributed by atoms with Crippen molar-refractivity contribution in [3.8, 4) is 5.75 Å². The second-order valence-electron chi connectivity index (χ2n) is 10.0. The van der Waals surface area contributed by atoms with E-state index in [1.807, 2.05) is 13.8 Å². The number of nitrogens with one attached hydrogen (secondary N) is 1. The van der Waals surface area contributed by atoms with E-state index in [0.29, 0.717) is 35.3 Å². The molecule has 2 rings (SSSR count). The Morgan fingerprint density at radius 3 is 2.09 bits per heavy atom. The third kappa shape index (κ3) is 5.68. The van der Waals surface area contributed by atoms with Gasteiger partial charge in [-0.1, -0.05) is 20.8 Å². The minimum absolute atomic E-state index is 0.0775. The molecule has 0 fully saturated rings. The Hall–Kier alpha value is -2.14. The van der Waals surface area contributed by atoms with E-state index < -0.39 is 45.2 Å². The van der Waals surface area contributed by atoms with Crippen molar-refractivity contribution >= 4 is 22.0 Å². The summed E-state index contributed by atoms with van der Waals surface area (Å²) in [4.78, 5) is 23.5. The van der Waals surface area contributed by atoms with Crippen LogP contribution < -0.4 is 9.46 Å². The van der Waals surface area contributed by atoms with E-state index in [4.69, 9.17) is 4.74 Å². The van der Waals surface area contributed by atoms with Crippen LogP contribution in [0, 0.1) is 26.2 Å². The summed E-state index contributed by atoms with van der Waals surface area (Å²) in [5.41, 5.74) is 0.550. The molecule has 0 radical (unpaired) electrons. The number of fused-ring (bicyclic) bond motifs is 1. The summed E-state index contributed by atoms with van der Waals surface area (Å²) in [5.74, 6) is -3.73. The molecule has 1 aromatic carbocycles. The highest BCUT2D eigenvalue weighted by Crippen LogP contribution is 2.42. The molecule has 1 atom stereocenters. The predicted molar refractivity (Wildman–Crippen MR) is 114 cm³/mol. The predicted octanol–water partition coefficient (Wildman–Crippen LogP) is 4.04. The SMILES string of the molecule is Cc1c(C)c(S(=O)(=O)NC(C(=O)OC(=O)C(F)(F)F)C(C)(C)C)c(C)c2c1OC(C)(C)CC2. The molecule has 186 valence electrons. The average Bonchev–Trinajstić information content (AvgIpc) is 2.61. The van der Waals surface area contributed by atoms with Gasteiger partial charge in [0.15, 0.2) is 0 Å². The topological polar surface area (TPSA) is 98.8 Å². The second kappa shape index (κ2) is 8.57. The Labute approximate surface area is 192 Å². The number of sulfonamides is 1. The van der Waals surface area contributed by atoms with E-state index in [0.717, 1.165) is 5.56 Å². The van der Waals surface area contributed by atoms with Crippen LogP contribution in [-0.2, 0) is 30.8 Å². The smallest absolute Gasteiger partial charge is 0.487 e. The third-order valence-corrected chi connectivity index (χ3v) is 7.43. The molecule has 1 aromatic rings. The van der Waals surface area contributed by atoms with Gasteiger partial charge in [-0.15, -0.1) is 0 Å². The number of ether oxygens (including phenoxy) is 2. The van der Waals surface area contributed by atoms with Gasteiger partial charge in [0, 0.05) is 0 Å². The highest BCUT2D eigenvalue weighted by molar-refractivity contribution is 7.89. The number of benzene rings is 1. The molecular weight excluding hydrogens is 463 g/mol. The molecule has 33 heavy (non-hydrogen) atoms. The van der Waals surface area contributed by atoms with Crippen LogP contribution in [0.4, 0.5) is 13.2 Å². The number of carbonyl (C=O) groups is 2. The summed E-state index contributed by atoms with van der Waals surface area (Å²) in [6.07, 6.45) is -4.16. The van der Waals surface area contributed by atoms with Crippen LogP contribution in [0.15, 0.2) is 4.90 Å². The van der Waals surface area contributed by atoms with Crippen LogP contribution in [0.3, 0.4) is 0 Å². The molecule has 1 heterocycles. The highest BCUT2D eigenvalue weighted by atomic mass is 32.2.